The van der Waals surface area contributed by atoms with Gasteiger partial charge in [-0.25, -0.2) is 0 Å². The summed E-state index contributed by atoms with van der Waals surface area (Å²) in [7, 11) is 0. The molecular weight excluding hydrogens is 140 g/mol. The van der Waals surface area contributed by atoms with E-state index in [1.165, 1.54) is 6.92 Å². The van der Waals surface area contributed by atoms with Crippen LogP contribution in [0.4, 0.5) is 0 Å². The van der Waals surface area contributed by atoms with Crippen LogP contribution in [-0.2, 0) is 4.79 Å². The third-order valence-electron chi connectivity index (χ3n) is 1.97. The van der Waals surface area contributed by atoms with Crippen molar-refractivity contribution in [1.82, 2.24) is 0 Å². The average molecular weight is 158 g/mol. The van der Waals surface area contributed by atoms with Crippen LogP contribution in [0, 0.1) is 5.92 Å². The molecule has 2 atom stereocenters. The highest BCUT2D eigenvalue weighted by molar-refractivity contribution is 5.80. The summed E-state index contributed by atoms with van der Waals surface area (Å²) in [6.45, 7) is 5.46. The van der Waals surface area contributed by atoms with Crippen LogP contribution >= 0.6 is 0 Å². The molecule has 0 saturated carbocycles. The Morgan fingerprint density at radius 2 is 2.09 bits per heavy atom. The molecule has 0 spiro atoms. The van der Waals surface area contributed by atoms with Crippen LogP contribution in [-0.4, -0.2) is 17.0 Å². The van der Waals surface area contributed by atoms with Crippen molar-refractivity contribution < 1.29 is 9.90 Å². The molecule has 0 heterocycles. The Balaban J connectivity index is 3.63. The van der Waals surface area contributed by atoms with Gasteiger partial charge >= 0.3 is 0 Å². The third-order valence-corrected chi connectivity index (χ3v) is 1.97. The second-order valence-electron chi connectivity index (χ2n) is 3.18. The van der Waals surface area contributed by atoms with Crippen molar-refractivity contribution in [2.75, 3.05) is 0 Å². The third kappa shape index (κ3) is 4.14. The van der Waals surface area contributed by atoms with Gasteiger partial charge < -0.3 is 5.11 Å². The quantitative estimate of drug-likeness (QED) is 0.662. The summed E-state index contributed by atoms with van der Waals surface area (Å²) in [5, 5.41) is 9.27. The van der Waals surface area contributed by atoms with Gasteiger partial charge in [-0.1, -0.05) is 26.7 Å². The number of hydrogen-bond donors (Lipinski definition) is 1. The lowest BCUT2D eigenvalue weighted by Crippen LogP contribution is -2.25. The van der Waals surface area contributed by atoms with Gasteiger partial charge in [0.05, 0.1) is 0 Å². The molecule has 0 aliphatic carbocycles. The number of aliphatic hydroxyl groups is 1. The standard InChI is InChI=1S/C9H18O2/c1-4-5-6-7(2)9(11)8(3)10/h7,9,11H,4-6H2,1-3H3. The van der Waals surface area contributed by atoms with Crippen molar-refractivity contribution in [1.29, 1.82) is 0 Å². The zero-order valence-electron chi connectivity index (χ0n) is 7.63. The number of Topliss-reactive ketones (excluding diaryl/α,β-unsaturated/α-hetero) is 1. The minimum Gasteiger partial charge on any atom is -0.385 e. The van der Waals surface area contributed by atoms with Crippen LogP contribution in [0.15, 0.2) is 0 Å². The molecule has 0 aromatic rings. The van der Waals surface area contributed by atoms with E-state index in [-0.39, 0.29) is 11.7 Å². The summed E-state index contributed by atoms with van der Waals surface area (Å²) in [5.41, 5.74) is 0. The predicted octanol–water partition coefficient (Wildman–Crippen LogP) is 1.76. The smallest absolute Gasteiger partial charge is 0.158 e. The molecule has 2 unspecified atom stereocenters. The Kier molecular flexibility index (Phi) is 5.12. The van der Waals surface area contributed by atoms with Gasteiger partial charge in [0.1, 0.15) is 6.10 Å². The van der Waals surface area contributed by atoms with Crippen molar-refractivity contribution in [3.8, 4) is 0 Å². The lowest BCUT2D eigenvalue weighted by molar-refractivity contribution is -0.127. The fourth-order valence-corrected chi connectivity index (χ4v) is 1.08. The van der Waals surface area contributed by atoms with Crippen LogP contribution in [0.1, 0.15) is 40.0 Å². The second-order valence-corrected chi connectivity index (χ2v) is 3.18. The average Bonchev–Trinajstić information content (AvgIpc) is 1.98. The number of aliphatic hydroxyl groups excluding tert-OH is 1. The van der Waals surface area contributed by atoms with Crippen molar-refractivity contribution in [3.63, 3.8) is 0 Å². The highest BCUT2D eigenvalue weighted by Crippen LogP contribution is 2.12. The molecule has 0 rings (SSSR count). The van der Waals surface area contributed by atoms with E-state index < -0.39 is 6.10 Å². The SMILES string of the molecule is CCCCC(C)C(O)C(C)=O. The lowest BCUT2D eigenvalue weighted by Gasteiger charge is -2.14. The summed E-state index contributed by atoms with van der Waals surface area (Å²) < 4.78 is 0. The van der Waals surface area contributed by atoms with Gasteiger partial charge in [-0.2, -0.15) is 0 Å². The Morgan fingerprint density at radius 3 is 2.45 bits per heavy atom. The number of carbonyl (C=O) groups is 1. The van der Waals surface area contributed by atoms with Crippen molar-refractivity contribution in [2.24, 2.45) is 5.92 Å². The van der Waals surface area contributed by atoms with Crippen LogP contribution in [0.3, 0.4) is 0 Å². The van der Waals surface area contributed by atoms with E-state index in [9.17, 15) is 9.90 Å². The summed E-state index contributed by atoms with van der Waals surface area (Å²) in [4.78, 5) is 10.7. The normalized spacial score (nSPS) is 16.0. The van der Waals surface area contributed by atoms with Crippen LogP contribution < -0.4 is 0 Å². The molecule has 1 N–H and O–H groups in total. The van der Waals surface area contributed by atoms with Gasteiger partial charge in [0, 0.05) is 0 Å². The zero-order valence-corrected chi connectivity index (χ0v) is 7.63. The van der Waals surface area contributed by atoms with E-state index in [4.69, 9.17) is 0 Å². The first kappa shape index (κ1) is 10.6. The molecule has 2 nitrogen and oxygen atoms in total. The summed E-state index contributed by atoms with van der Waals surface area (Å²) >= 11 is 0. The first-order valence-corrected chi connectivity index (χ1v) is 4.28. The molecule has 0 aromatic carbocycles. The van der Waals surface area contributed by atoms with E-state index in [0.29, 0.717) is 0 Å². The summed E-state index contributed by atoms with van der Waals surface area (Å²) in [6.07, 6.45) is 2.40. The Bertz CT molecular complexity index is 121. The van der Waals surface area contributed by atoms with Crippen LogP contribution in [0.25, 0.3) is 0 Å². The van der Waals surface area contributed by atoms with E-state index >= 15 is 0 Å². The van der Waals surface area contributed by atoms with E-state index in [1.54, 1.807) is 0 Å². The number of carbonyl (C=O) groups excluding carboxylic acids is 1. The van der Waals surface area contributed by atoms with Crippen molar-refractivity contribution in [3.05, 3.63) is 0 Å². The minimum atomic E-state index is -0.749. The molecule has 2 heteroatoms. The lowest BCUT2D eigenvalue weighted by atomic mass is 9.96. The molecule has 0 saturated heterocycles. The van der Waals surface area contributed by atoms with Gasteiger partial charge in [0.2, 0.25) is 0 Å². The van der Waals surface area contributed by atoms with Crippen molar-refractivity contribution in [2.45, 2.75) is 46.1 Å². The minimum absolute atomic E-state index is 0.117. The molecule has 0 amide bonds. The van der Waals surface area contributed by atoms with E-state index in [0.717, 1.165) is 19.3 Å². The maximum Gasteiger partial charge on any atom is 0.158 e. The Hall–Kier alpha value is -0.370. The highest BCUT2D eigenvalue weighted by Gasteiger charge is 2.17. The molecule has 0 aliphatic heterocycles. The molecule has 0 radical (unpaired) electrons. The molecule has 0 aliphatic rings. The van der Waals surface area contributed by atoms with Crippen LogP contribution in [0.2, 0.25) is 0 Å². The number of hydrogen-bond acceptors (Lipinski definition) is 2. The van der Waals surface area contributed by atoms with Gasteiger partial charge in [-0.3, -0.25) is 4.79 Å². The molecular formula is C9H18O2. The molecule has 0 fully saturated rings. The van der Waals surface area contributed by atoms with Gasteiger partial charge in [0.25, 0.3) is 0 Å². The molecule has 0 bridgehead atoms. The summed E-state index contributed by atoms with van der Waals surface area (Å²) in [6, 6.07) is 0. The highest BCUT2D eigenvalue weighted by atomic mass is 16.3. The first-order valence-electron chi connectivity index (χ1n) is 4.28. The number of ketones is 1. The monoisotopic (exact) mass is 158 g/mol. The van der Waals surface area contributed by atoms with Gasteiger partial charge in [-0.15, -0.1) is 0 Å². The first-order chi connectivity index (χ1) is 5.09. The maximum absolute atomic E-state index is 10.7. The number of rotatable bonds is 5. The fraction of sp³-hybridized carbons (Fsp3) is 0.889. The van der Waals surface area contributed by atoms with Gasteiger partial charge in [-0.05, 0) is 19.3 Å². The maximum atomic E-state index is 10.7. The second kappa shape index (κ2) is 5.30. The van der Waals surface area contributed by atoms with E-state index in [1.807, 2.05) is 6.92 Å². The fourth-order valence-electron chi connectivity index (χ4n) is 1.08. The van der Waals surface area contributed by atoms with E-state index in [2.05, 4.69) is 6.92 Å². The predicted molar refractivity (Wildman–Crippen MR) is 45.4 cm³/mol. The van der Waals surface area contributed by atoms with Crippen molar-refractivity contribution >= 4 is 5.78 Å². The Morgan fingerprint density at radius 1 is 1.55 bits per heavy atom. The zero-order chi connectivity index (χ0) is 8.85. The topological polar surface area (TPSA) is 37.3 Å². The largest absolute Gasteiger partial charge is 0.385 e. The van der Waals surface area contributed by atoms with Crippen LogP contribution in [0.5, 0.6) is 0 Å². The summed E-state index contributed by atoms with van der Waals surface area (Å²) in [5.74, 6) is 0.000975. The Labute approximate surface area is 68.6 Å². The number of unbranched alkanes of at least 4 members (excludes halogenated alkanes) is 1. The van der Waals surface area contributed by atoms with Gasteiger partial charge in [0.15, 0.2) is 5.78 Å². The molecule has 11 heavy (non-hydrogen) atoms. The molecule has 0 aromatic heterocycles. The molecule has 66 valence electrons.